The zero-order chi connectivity index (χ0) is 12.9. The van der Waals surface area contributed by atoms with Gasteiger partial charge in [0.1, 0.15) is 5.60 Å². The zero-order valence-corrected chi connectivity index (χ0v) is 10.4. The fraction of sp³-hybridized carbons (Fsp3) is 0.818. The van der Waals surface area contributed by atoms with Gasteiger partial charge in [-0.25, -0.2) is 9.59 Å². The average Bonchev–Trinajstić information content (AvgIpc) is 2.11. The Balaban J connectivity index is 4.79. The third-order valence-corrected chi connectivity index (χ3v) is 2.95. The molecule has 1 N–H and O–H groups in total. The van der Waals surface area contributed by atoms with Crippen molar-refractivity contribution >= 4 is 12.3 Å². The standard InChI is InChI=1S/C11H20O5/c1-6-11(7(2)3,8(4)5)16-10(14)15-9(12)13/h7-8H,6H2,1-5H3,(H,12,13). The molecule has 0 radical (unpaired) electrons. The molecule has 0 aromatic rings. The summed E-state index contributed by atoms with van der Waals surface area (Å²) in [5.74, 6) is 0.165. The lowest BCUT2D eigenvalue weighted by atomic mass is 9.78. The first-order chi connectivity index (χ1) is 7.26. The van der Waals surface area contributed by atoms with Crippen LogP contribution in [0, 0.1) is 11.8 Å². The number of carbonyl (C=O) groups excluding carboxylic acids is 1. The van der Waals surface area contributed by atoms with Crippen LogP contribution in [0.2, 0.25) is 0 Å². The topological polar surface area (TPSA) is 72.8 Å². The highest BCUT2D eigenvalue weighted by Crippen LogP contribution is 2.34. The molecule has 0 aliphatic rings. The van der Waals surface area contributed by atoms with Gasteiger partial charge in [0, 0.05) is 0 Å². The van der Waals surface area contributed by atoms with E-state index in [4.69, 9.17) is 9.84 Å². The predicted molar refractivity (Wildman–Crippen MR) is 58.3 cm³/mol. The number of hydrogen-bond donors (Lipinski definition) is 1. The maximum atomic E-state index is 11.2. The molecule has 0 heterocycles. The van der Waals surface area contributed by atoms with Gasteiger partial charge in [-0.1, -0.05) is 34.6 Å². The summed E-state index contributed by atoms with van der Waals surface area (Å²) in [6.07, 6.45) is -2.20. The molecule has 0 aromatic carbocycles. The molecular weight excluding hydrogens is 212 g/mol. The van der Waals surface area contributed by atoms with Crippen LogP contribution in [-0.4, -0.2) is 23.0 Å². The first-order valence-corrected chi connectivity index (χ1v) is 5.40. The molecule has 5 heteroatoms. The van der Waals surface area contributed by atoms with Crippen LogP contribution in [-0.2, 0) is 9.47 Å². The van der Waals surface area contributed by atoms with E-state index in [0.717, 1.165) is 0 Å². The van der Waals surface area contributed by atoms with E-state index in [2.05, 4.69) is 4.74 Å². The van der Waals surface area contributed by atoms with Crippen molar-refractivity contribution in [3.63, 3.8) is 0 Å². The highest BCUT2D eigenvalue weighted by Gasteiger charge is 2.40. The van der Waals surface area contributed by atoms with Crippen molar-refractivity contribution in [3.8, 4) is 0 Å². The van der Waals surface area contributed by atoms with Crippen molar-refractivity contribution in [2.75, 3.05) is 0 Å². The van der Waals surface area contributed by atoms with E-state index in [1.165, 1.54) is 0 Å². The molecule has 94 valence electrons. The van der Waals surface area contributed by atoms with Gasteiger partial charge in [0.2, 0.25) is 0 Å². The van der Waals surface area contributed by atoms with Gasteiger partial charge in [-0.15, -0.1) is 0 Å². The predicted octanol–water partition coefficient (Wildman–Crippen LogP) is 3.28. The van der Waals surface area contributed by atoms with E-state index in [0.29, 0.717) is 6.42 Å². The van der Waals surface area contributed by atoms with Crippen molar-refractivity contribution < 1.29 is 24.2 Å². The van der Waals surface area contributed by atoms with Crippen LogP contribution < -0.4 is 0 Å². The fourth-order valence-electron chi connectivity index (χ4n) is 2.04. The summed E-state index contributed by atoms with van der Waals surface area (Å²) < 4.78 is 9.14. The van der Waals surface area contributed by atoms with Gasteiger partial charge in [0.05, 0.1) is 0 Å². The normalized spacial score (nSPS) is 11.7. The molecule has 0 rings (SSSR count). The van der Waals surface area contributed by atoms with E-state index in [9.17, 15) is 9.59 Å². The second-order valence-corrected chi connectivity index (χ2v) is 4.34. The van der Waals surface area contributed by atoms with Crippen LogP contribution >= 0.6 is 0 Å². The second kappa shape index (κ2) is 5.72. The molecule has 0 aliphatic heterocycles. The average molecular weight is 232 g/mol. The van der Waals surface area contributed by atoms with Crippen LogP contribution in [0.15, 0.2) is 0 Å². The van der Waals surface area contributed by atoms with Crippen molar-refractivity contribution in [1.29, 1.82) is 0 Å². The maximum Gasteiger partial charge on any atom is 0.519 e. The minimum atomic E-state index is -1.65. The van der Waals surface area contributed by atoms with Gasteiger partial charge >= 0.3 is 12.3 Å². The lowest BCUT2D eigenvalue weighted by Gasteiger charge is -2.39. The summed E-state index contributed by atoms with van der Waals surface area (Å²) in [5.41, 5.74) is -0.688. The van der Waals surface area contributed by atoms with Crippen molar-refractivity contribution in [3.05, 3.63) is 0 Å². The molecule has 0 amide bonds. The number of ether oxygens (including phenoxy) is 2. The van der Waals surface area contributed by atoms with E-state index in [-0.39, 0.29) is 11.8 Å². The van der Waals surface area contributed by atoms with Crippen molar-refractivity contribution in [1.82, 2.24) is 0 Å². The van der Waals surface area contributed by atoms with Crippen molar-refractivity contribution in [2.24, 2.45) is 11.8 Å². The molecule has 0 atom stereocenters. The molecule has 0 aromatic heterocycles. The summed E-state index contributed by atoms with van der Waals surface area (Å²) in [6, 6.07) is 0. The Kier molecular flexibility index (Phi) is 5.27. The van der Waals surface area contributed by atoms with Gasteiger partial charge in [0.25, 0.3) is 0 Å². The smallest absolute Gasteiger partial charge is 0.449 e. The van der Waals surface area contributed by atoms with Crippen LogP contribution in [0.5, 0.6) is 0 Å². The molecule has 16 heavy (non-hydrogen) atoms. The fourth-order valence-corrected chi connectivity index (χ4v) is 2.04. The van der Waals surface area contributed by atoms with Crippen LogP contribution in [0.1, 0.15) is 41.0 Å². The first kappa shape index (κ1) is 14.7. The largest absolute Gasteiger partial charge is 0.519 e. The minimum absolute atomic E-state index is 0.0823. The monoisotopic (exact) mass is 232 g/mol. The van der Waals surface area contributed by atoms with E-state index < -0.39 is 17.9 Å². The summed E-state index contributed by atoms with van der Waals surface area (Å²) in [7, 11) is 0. The molecular formula is C11H20O5. The van der Waals surface area contributed by atoms with Crippen LogP contribution in [0.3, 0.4) is 0 Å². The Hall–Kier alpha value is -1.26. The summed E-state index contributed by atoms with van der Waals surface area (Å²) >= 11 is 0. The highest BCUT2D eigenvalue weighted by atomic mass is 16.8. The third-order valence-electron chi connectivity index (χ3n) is 2.95. The zero-order valence-electron chi connectivity index (χ0n) is 10.4. The van der Waals surface area contributed by atoms with Gasteiger partial charge in [-0.3, -0.25) is 0 Å². The van der Waals surface area contributed by atoms with Gasteiger partial charge in [-0.2, -0.15) is 0 Å². The molecule has 0 saturated heterocycles. The Bertz CT molecular complexity index is 249. The number of carbonyl (C=O) groups is 2. The third kappa shape index (κ3) is 3.40. The minimum Gasteiger partial charge on any atom is -0.449 e. The molecule has 0 fully saturated rings. The lowest BCUT2D eigenvalue weighted by Crippen LogP contribution is -2.45. The summed E-state index contributed by atoms with van der Waals surface area (Å²) in [6.45, 7) is 9.61. The Morgan fingerprint density at radius 1 is 1.19 bits per heavy atom. The van der Waals surface area contributed by atoms with E-state index in [1.54, 1.807) is 0 Å². The molecule has 0 bridgehead atoms. The number of hydrogen-bond acceptors (Lipinski definition) is 4. The second-order valence-electron chi connectivity index (χ2n) is 4.34. The van der Waals surface area contributed by atoms with Gasteiger partial charge in [-0.05, 0) is 18.3 Å². The Morgan fingerprint density at radius 3 is 1.88 bits per heavy atom. The number of rotatable bonds is 4. The van der Waals surface area contributed by atoms with E-state index in [1.807, 2.05) is 34.6 Å². The Labute approximate surface area is 95.7 Å². The quantitative estimate of drug-likeness (QED) is 0.594. The molecule has 0 unspecified atom stereocenters. The SMILES string of the molecule is CCC(OC(=O)OC(=O)O)(C(C)C)C(C)C. The van der Waals surface area contributed by atoms with Crippen molar-refractivity contribution in [2.45, 2.75) is 46.6 Å². The molecule has 0 spiro atoms. The van der Waals surface area contributed by atoms with Gasteiger partial charge in [0.15, 0.2) is 0 Å². The van der Waals surface area contributed by atoms with Crippen LogP contribution in [0.25, 0.3) is 0 Å². The summed E-state index contributed by atoms with van der Waals surface area (Å²) in [4.78, 5) is 21.4. The molecule has 0 aliphatic carbocycles. The highest BCUT2D eigenvalue weighted by molar-refractivity contribution is 5.75. The molecule has 5 nitrogen and oxygen atoms in total. The van der Waals surface area contributed by atoms with Gasteiger partial charge < -0.3 is 14.6 Å². The lowest BCUT2D eigenvalue weighted by molar-refractivity contribution is -0.0852. The van der Waals surface area contributed by atoms with Crippen LogP contribution in [0.4, 0.5) is 9.59 Å². The Morgan fingerprint density at radius 2 is 1.62 bits per heavy atom. The van der Waals surface area contributed by atoms with E-state index >= 15 is 0 Å². The maximum absolute atomic E-state index is 11.2. The number of carboxylic acid groups (broad SMARTS) is 1. The first-order valence-electron chi connectivity index (χ1n) is 5.40. The molecule has 0 saturated carbocycles. The summed E-state index contributed by atoms with van der Waals surface area (Å²) in [5, 5.41) is 8.31.